The van der Waals surface area contributed by atoms with Crippen molar-refractivity contribution in [2.45, 2.75) is 38.8 Å². The van der Waals surface area contributed by atoms with Gasteiger partial charge in [0.2, 0.25) is 0 Å². The number of halogens is 1. The van der Waals surface area contributed by atoms with Gasteiger partial charge in [-0.2, -0.15) is 0 Å². The first-order valence-corrected chi connectivity index (χ1v) is 11.7. The van der Waals surface area contributed by atoms with Crippen LogP contribution in [0.4, 0.5) is 0 Å². The van der Waals surface area contributed by atoms with Gasteiger partial charge in [0.15, 0.2) is 0 Å². The Morgan fingerprint density at radius 3 is 2.48 bits per heavy atom. The number of rotatable bonds is 6. The fourth-order valence-electron chi connectivity index (χ4n) is 4.65. The van der Waals surface area contributed by atoms with Crippen LogP contribution in [-0.4, -0.2) is 25.7 Å². The topological polar surface area (TPSA) is 76.7 Å². The number of ether oxygens (including phenoxy) is 2. The number of allylic oxidation sites excluding steroid dienone is 2. The Labute approximate surface area is 202 Å². The van der Waals surface area contributed by atoms with Crippen molar-refractivity contribution < 1.29 is 19.1 Å². The number of fused-ring (bicyclic) bond motifs is 1. The highest BCUT2D eigenvalue weighted by atomic mass is 79.9. The van der Waals surface area contributed by atoms with E-state index >= 15 is 0 Å². The molecular formula is C26H27BrN2O4. The lowest BCUT2D eigenvalue weighted by Crippen LogP contribution is -2.32. The fraction of sp³-hybridized carbons (Fsp3) is 0.308. The molecule has 2 unspecified atom stereocenters. The molecule has 172 valence electrons. The van der Waals surface area contributed by atoms with E-state index in [4.69, 9.17) is 9.47 Å². The second-order valence-electron chi connectivity index (χ2n) is 8.24. The van der Waals surface area contributed by atoms with E-state index in [-0.39, 0.29) is 12.6 Å². The Hall–Kier alpha value is -2.90. The van der Waals surface area contributed by atoms with Crippen LogP contribution in [0.25, 0.3) is 0 Å². The summed E-state index contributed by atoms with van der Waals surface area (Å²) in [6, 6.07) is 16.0. The minimum absolute atomic E-state index is 0.155. The van der Waals surface area contributed by atoms with Gasteiger partial charge in [0, 0.05) is 34.9 Å². The number of hydrogen-bond donors (Lipinski definition) is 2. The molecule has 0 spiro atoms. The van der Waals surface area contributed by atoms with Gasteiger partial charge in [-0.15, -0.1) is 0 Å². The summed E-state index contributed by atoms with van der Waals surface area (Å²) in [6.45, 7) is 4.73. The van der Waals surface area contributed by atoms with E-state index in [1.54, 1.807) is 0 Å². The molecule has 0 amide bonds. The van der Waals surface area contributed by atoms with E-state index in [1.165, 1.54) is 18.2 Å². The van der Waals surface area contributed by atoms with Crippen LogP contribution in [0.1, 0.15) is 48.9 Å². The fourth-order valence-corrected chi connectivity index (χ4v) is 5.06. The molecule has 7 heteroatoms. The summed E-state index contributed by atoms with van der Waals surface area (Å²) in [4.78, 5) is 26.0. The van der Waals surface area contributed by atoms with E-state index < -0.39 is 17.9 Å². The van der Waals surface area contributed by atoms with E-state index in [0.717, 1.165) is 16.6 Å². The summed E-state index contributed by atoms with van der Waals surface area (Å²) in [6.07, 6.45) is 0.669. The third kappa shape index (κ3) is 4.75. The van der Waals surface area contributed by atoms with Gasteiger partial charge in [-0.1, -0.05) is 52.3 Å². The first-order valence-electron chi connectivity index (χ1n) is 10.9. The minimum atomic E-state index is -0.589. The number of dihydropyridines is 1. The molecule has 0 fully saturated rings. The maximum absolute atomic E-state index is 13.3. The normalized spacial score (nSPS) is 19.8. The van der Waals surface area contributed by atoms with Gasteiger partial charge in [-0.3, -0.25) is 0 Å². The monoisotopic (exact) mass is 510 g/mol. The Balaban J connectivity index is 1.57. The largest absolute Gasteiger partial charge is 0.466 e. The number of esters is 2. The minimum Gasteiger partial charge on any atom is -0.466 e. The van der Waals surface area contributed by atoms with E-state index in [0.29, 0.717) is 29.0 Å². The molecule has 2 aromatic rings. The summed E-state index contributed by atoms with van der Waals surface area (Å²) in [7, 11) is 1.34. The average molecular weight is 511 g/mol. The van der Waals surface area contributed by atoms with Gasteiger partial charge in [-0.25, -0.2) is 9.59 Å². The highest BCUT2D eigenvalue weighted by molar-refractivity contribution is 9.10. The van der Waals surface area contributed by atoms with Crippen LogP contribution in [0, 0.1) is 0 Å². The van der Waals surface area contributed by atoms with Crippen molar-refractivity contribution in [3.8, 4) is 0 Å². The second-order valence-corrected chi connectivity index (χ2v) is 9.15. The van der Waals surface area contributed by atoms with Crippen molar-refractivity contribution in [3.63, 3.8) is 0 Å². The highest BCUT2D eigenvalue weighted by Crippen LogP contribution is 2.40. The molecule has 2 atom stereocenters. The molecule has 2 N–H and O–H groups in total. The van der Waals surface area contributed by atoms with Crippen LogP contribution >= 0.6 is 15.9 Å². The molecular weight excluding hydrogens is 484 g/mol. The van der Waals surface area contributed by atoms with Crippen molar-refractivity contribution >= 4 is 27.9 Å². The number of methoxy groups -OCH3 is 1. The van der Waals surface area contributed by atoms with Gasteiger partial charge in [0.05, 0.1) is 30.8 Å². The lowest BCUT2D eigenvalue weighted by Gasteiger charge is -2.30. The zero-order valence-corrected chi connectivity index (χ0v) is 20.5. The van der Waals surface area contributed by atoms with Crippen LogP contribution in [0.2, 0.25) is 0 Å². The van der Waals surface area contributed by atoms with Gasteiger partial charge in [0.1, 0.15) is 0 Å². The Morgan fingerprint density at radius 2 is 1.76 bits per heavy atom. The average Bonchev–Trinajstić information content (AvgIpc) is 3.21. The van der Waals surface area contributed by atoms with Gasteiger partial charge in [0.25, 0.3) is 0 Å². The highest BCUT2D eigenvalue weighted by Gasteiger charge is 2.38. The third-order valence-electron chi connectivity index (χ3n) is 6.18. The number of nitrogens with one attached hydrogen (secondary N) is 2. The number of carbonyl (C=O) groups is 2. The molecule has 0 bridgehead atoms. The number of benzene rings is 2. The summed E-state index contributed by atoms with van der Waals surface area (Å²) in [5, 5.41) is 6.64. The molecule has 2 heterocycles. The zero-order valence-electron chi connectivity index (χ0n) is 18.9. The first kappa shape index (κ1) is 23.3. The predicted octanol–water partition coefficient (Wildman–Crippen LogP) is 4.63. The maximum atomic E-state index is 13.3. The lowest BCUT2D eigenvalue weighted by atomic mass is 9.80. The van der Waals surface area contributed by atoms with Gasteiger partial charge < -0.3 is 20.1 Å². The Morgan fingerprint density at radius 1 is 1.03 bits per heavy atom. The Kier molecular flexibility index (Phi) is 7.00. The summed E-state index contributed by atoms with van der Waals surface area (Å²) in [5.74, 6) is -1.51. The maximum Gasteiger partial charge on any atom is 0.336 e. The van der Waals surface area contributed by atoms with Crippen LogP contribution < -0.4 is 10.6 Å². The van der Waals surface area contributed by atoms with Crippen molar-refractivity contribution in [2.24, 2.45) is 0 Å². The summed E-state index contributed by atoms with van der Waals surface area (Å²) >= 11 is 3.50. The molecule has 33 heavy (non-hydrogen) atoms. The van der Waals surface area contributed by atoms with Gasteiger partial charge >= 0.3 is 11.9 Å². The van der Waals surface area contributed by atoms with E-state index in [9.17, 15) is 9.59 Å². The summed E-state index contributed by atoms with van der Waals surface area (Å²) in [5.41, 5.74) is 5.48. The molecule has 0 radical (unpaired) electrons. The third-order valence-corrected chi connectivity index (χ3v) is 6.67. The predicted molar refractivity (Wildman–Crippen MR) is 129 cm³/mol. The zero-order chi connectivity index (χ0) is 23.5. The number of carbonyl (C=O) groups excluding carboxylic acids is 2. The van der Waals surface area contributed by atoms with Crippen molar-refractivity contribution in [3.05, 3.63) is 92.2 Å². The molecule has 4 rings (SSSR count). The molecule has 6 nitrogen and oxygen atoms in total. The Bertz CT molecular complexity index is 1150. The van der Waals surface area contributed by atoms with Crippen molar-refractivity contribution in [1.82, 2.24) is 10.6 Å². The van der Waals surface area contributed by atoms with Crippen LogP contribution in [0.15, 0.2) is 75.5 Å². The van der Waals surface area contributed by atoms with Crippen LogP contribution in [0.5, 0.6) is 0 Å². The second kappa shape index (κ2) is 9.93. The molecule has 0 aliphatic carbocycles. The lowest BCUT2D eigenvalue weighted by molar-refractivity contribution is -0.139. The van der Waals surface area contributed by atoms with E-state index in [2.05, 4.69) is 38.7 Å². The molecule has 0 saturated heterocycles. The van der Waals surface area contributed by atoms with Crippen LogP contribution in [-0.2, 0) is 25.6 Å². The van der Waals surface area contributed by atoms with Crippen LogP contribution in [0.3, 0.4) is 0 Å². The van der Waals surface area contributed by atoms with Crippen molar-refractivity contribution in [2.75, 3.05) is 13.7 Å². The number of hydrogen-bond acceptors (Lipinski definition) is 6. The summed E-state index contributed by atoms with van der Waals surface area (Å²) < 4.78 is 11.7. The molecule has 0 aromatic heterocycles. The molecule has 2 aliphatic heterocycles. The van der Waals surface area contributed by atoms with Crippen molar-refractivity contribution in [1.29, 1.82) is 0 Å². The first-order chi connectivity index (χ1) is 15.9. The van der Waals surface area contributed by atoms with E-state index in [1.807, 2.05) is 50.2 Å². The molecule has 2 aromatic carbocycles. The SMILES string of the molecule is COC(=O)C1=C(C)NC(C)=C(C(=O)OCCC2NCc3ccccc32)C1c1cccc(Br)c1. The van der Waals surface area contributed by atoms with Gasteiger partial charge in [-0.05, 0) is 42.7 Å². The quantitative estimate of drug-likeness (QED) is 0.551. The standard InChI is InChI=1S/C26H27BrN2O4/c1-15-22(25(30)32-3)24(17-8-6-9-19(27)13-17)23(16(2)29-15)26(31)33-12-11-21-20-10-5-4-7-18(20)14-28-21/h4-10,13,21,24,28-29H,11-12,14H2,1-3H3. The smallest absolute Gasteiger partial charge is 0.336 e. The molecule has 2 aliphatic rings. The molecule has 0 saturated carbocycles.